The van der Waals surface area contributed by atoms with Gasteiger partial charge in [-0.1, -0.05) is 28.1 Å². The van der Waals surface area contributed by atoms with Gasteiger partial charge in [-0.3, -0.25) is 0 Å². The van der Waals surface area contributed by atoms with E-state index >= 15 is 0 Å². The van der Waals surface area contributed by atoms with E-state index in [0.29, 0.717) is 6.54 Å². The normalized spacial score (nSPS) is 13.0. The van der Waals surface area contributed by atoms with Crippen molar-refractivity contribution in [2.75, 3.05) is 6.54 Å². The van der Waals surface area contributed by atoms with Crippen LogP contribution in [-0.4, -0.2) is 6.54 Å². The average Bonchev–Trinajstić information content (AvgIpc) is 2.05. The zero-order valence-electron chi connectivity index (χ0n) is 6.00. The minimum atomic E-state index is 0.156. The monoisotopic (exact) mass is 231 g/mol. The van der Waals surface area contributed by atoms with Gasteiger partial charge in [0.2, 0.25) is 0 Å². The summed E-state index contributed by atoms with van der Waals surface area (Å²) < 4.78 is 1.08. The number of nitrogens with two attached hydrogens (primary N) is 1. The van der Waals surface area contributed by atoms with Gasteiger partial charge in [0.1, 0.15) is 0 Å². The van der Waals surface area contributed by atoms with Gasteiger partial charge in [0, 0.05) is 16.3 Å². The number of benzene rings is 1. The highest BCUT2D eigenvalue weighted by molar-refractivity contribution is 9.10. The van der Waals surface area contributed by atoms with Crippen molar-refractivity contribution >= 4 is 28.6 Å². The lowest BCUT2D eigenvalue weighted by molar-refractivity contribution is 0.949. The molecule has 0 aliphatic carbocycles. The summed E-state index contributed by atoms with van der Waals surface area (Å²) in [4.78, 5) is 0. The first-order valence-electron chi connectivity index (χ1n) is 3.37. The van der Waals surface area contributed by atoms with Gasteiger partial charge in [0.15, 0.2) is 0 Å². The molecule has 60 valence electrons. The van der Waals surface area contributed by atoms with E-state index in [1.807, 2.05) is 24.3 Å². The van der Waals surface area contributed by atoms with Crippen LogP contribution >= 0.6 is 28.6 Å². The molecule has 1 unspecified atom stereocenters. The van der Waals surface area contributed by atoms with E-state index in [1.165, 1.54) is 5.56 Å². The van der Waals surface area contributed by atoms with Gasteiger partial charge < -0.3 is 5.73 Å². The predicted molar refractivity (Wildman–Crippen MR) is 54.9 cm³/mol. The second-order valence-corrected chi connectivity index (χ2v) is 3.84. The largest absolute Gasteiger partial charge is 0.329 e. The molecule has 0 fully saturated rings. The summed E-state index contributed by atoms with van der Waals surface area (Å²) in [5.74, 6) is 0. The van der Waals surface area contributed by atoms with Gasteiger partial charge in [-0.2, -0.15) is 12.6 Å². The van der Waals surface area contributed by atoms with E-state index in [9.17, 15) is 0 Å². The molecule has 0 spiro atoms. The average molecular weight is 232 g/mol. The second kappa shape index (κ2) is 4.14. The molecule has 0 saturated carbocycles. The van der Waals surface area contributed by atoms with Crippen LogP contribution in [0.25, 0.3) is 0 Å². The predicted octanol–water partition coefficient (Wildman–Crippen LogP) is 2.38. The molecule has 1 aromatic carbocycles. The maximum Gasteiger partial charge on any atom is 0.0389 e. The fourth-order valence-electron chi connectivity index (χ4n) is 0.821. The van der Waals surface area contributed by atoms with Crippen LogP contribution in [0.5, 0.6) is 0 Å². The lowest BCUT2D eigenvalue weighted by Gasteiger charge is -2.06. The number of thiol groups is 1. The van der Waals surface area contributed by atoms with Gasteiger partial charge in [0.25, 0.3) is 0 Å². The molecule has 2 N–H and O–H groups in total. The Labute approximate surface area is 80.5 Å². The summed E-state index contributed by atoms with van der Waals surface area (Å²) in [6.07, 6.45) is 0. The molecule has 3 heteroatoms. The van der Waals surface area contributed by atoms with E-state index in [1.54, 1.807) is 0 Å². The molecule has 0 heterocycles. The van der Waals surface area contributed by atoms with Crippen LogP contribution in [0.3, 0.4) is 0 Å². The van der Waals surface area contributed by atoms with Crippen molar-refractivity contribution in [2.45, 2.75) is 5.25 Å². The lowest BCUT2D eigenvalue weighted by Crippen LogP contribution is -2.06. The van der Waals surface area contributed by atoms with Crippen molar-refractivity contribution in [3.05, 3.63) is 34.3 Å². The lowest BCUT2D eigenvalue weighted by atomic mass is 10.1. The molecular weight excluding hydrogens is 222 g/mol. The molecule has 0 aromatic heterocycles. The summed E-state index contributed by atoms with van der Waals surface area (Å²) in [5, 5.41) is 0.156. The minimum absolute atomic E-state index is 0.156. The molecule has 0 bridgehead atoms. The Morgan fingerprint density at radius 3 is 2.36 bits per heavy atom. The SMILES string of the molecule is NCC(S)c1ccc(Br)cc1. The summed E-state index contributed by atoms with van der Waals surface area (Å²) in [7, 11) is 0. The third-order valence-corrected chi connectivity index (χ3v) is 2.52. The highest BCUT2D eigenvalue weighted by Gasteiger charge is 2.01. The number of hydrogen-bond donors (Lipinski definition) is 2. The van der Waals surface area contributed by atoms with Crippen LogP contribution in [0.4, 0.5) is 0 Å². The van der Waals surface area contributed by atoms with Crippen LogP contribution in [0, 0.1) is 0 Å². The van der Waals surface area contributed by atoms with Crippen molar-refractivity contribution < 1.29 is 0 Å². The van der Waals surface area contributed by atoms with Crippen molar-refractivity contribution in [3.8, 4) is 0 Å². The van der Waals surface area contributed by atoms with Crippen LogP contribution in [0.2, 0.25) is 0 Å². The van der Waals surface area contributed by atoms with Crippen molar-refractivity contribution in [1.82, 2.24) is 0 Å². The highest BCUT2D eigenvalue weighted by atomic mass is 79.9. The zero-order chi connectivity index (χ0) is 8.27. The summed E-state index contributed by atoms with van der Waals surface area (Å²) in [6.45, 7) is 0.574. The molecular formula is C8H10BrNS. The summed E-state index contributed by atoms with van der Waals surface area (Å²) in [5.41, 5.74) is 6.62. The summed E-state index contributed by atoms with van der Waals surface area (Å²) in [6, 6.07) is 8.03. The van der Waals surface area contributed by atoms with Gasteiger partial charge in [0.05, 0.1) is 0 Å². The molecule has 0 amide bonds. The van der Waals surface area contributed by atoms with E-state index in [2.05, 4.69) is 28.6 Å². The van der Waals surface area contributed by atoms with Crippen molar-refractivity contribution in [3.63, 3.8) is 0 Å². The molecule has 11 heavy (non-hydrogen) atoms. The highest BCUT2D eigenvalue weighted by Crippen LogP contribution is 2.20. The molecule has 1 aromatic rings. The van der Waals surface area contributed by atoms with Crippen molar-refractivity contribution in [2.24, 2.45) is 5.73 Å². The maximum absolute atomic E-state index is 5.45. The second-order valence-electron chi connectivity index (χ2n) is 2.30. The van der Waals surface area contributed by atoms with Gasteiger partial charge in [-0.25, -0.2) is 0 Å². The van der Waals surface area contributed by atoms with Gasteiger partial charge in [-0.15, -0.1) is 0 Å². The van der Waals surface area contributed by atoms with Crippen LogP contribution in [0.1, 0.15) is 10.8 Å². The molecule has 0 aliphatic rings. The first-order chi connectivity index (χ1) is 5.24. The maximum atomic E-state index is 5.45. The third kappa shape index (κ3) is 2.51. The molecule has 1 nitrogen and oxygen atoms in total. The number of halogens is 1. The molecule has 1 rings (SSSR count). The topological polar surface area (TPSA) is 26.0 Å². The van der Waals surface area contributed by atoms with Crippen LogP contribution < -0.4 is 5.73 Å². The van der Waals surface area contributed by atoms with E-state index in [0.717, 1.165) is 4.47 Å². The zero-order valence-corrected chi connectivity index (χ0v) is 8.48. The van der Waals surface area contributed by atoms with Gasteiger partial charge >= 0.3 is 0 Å². The quantitative estimate of drug-likeness (QED) is 0.752. The minimum Gasteiger partial charge on any atom is -0.329 e. The van der Waals surface area contributed by atoms with E-state index in [-0.39, 0.29) is 5.25 Å². The Morgan fingerprint density at radius 1 is 1.36 bits per heavy atom. The van der Waals surface area contributed by atoms with Gasteiger partial charge in [-0.05, 0) is 17.7 Å². The Hall–Kier alpha value is 0.01000. The standard InChI is InChI=1S/C8H10BrNS/c9-7-3-1-6(2-4-7)8(11)5-10/h1-4,8,11H,5,10H2. The molecule has 1 atom stereocenters. The Balaban J connectivity index is 2.81. The van der Waals surface area contributed by atoms with Crippen molar-refractivity contribution in [1.29, 1.82) is 0 Å². The molecule has 0 radical (unpaired) electrons. The third-order valence-electron chi connectivity index (χ3n) is 1.48. The molecule has 0 saturated heterocycles. The van der Waals surface area contributed by atoms with E-state index < -0.39 is 0 Å². The smallest absolute Gasteiger partial charge is 0.0389 e. The fourth-order valence-corrected chi connectivity index (χ4v) is 1.26. The fraction of sp³-hybridized carbons (Fsp3) is 0.250. The van der Waals surface area contributed by atoms with Crippen LogP contribution in [-0.2, 0) is 0 Å². The first kappa shape index (κ1) is 9.10. The first-order valence-corrected chi connectivity index (χ1v) is 4.68. The Kier molecular flexibility index (Phi) is 3.43. The number of hydrogen-bond acceptors (Lipinski definition) is 2. The van der Waals surface area contributed by atoms with Crippen LogP contribution in [0.15, 0.2) is 28.7 Å². The summed E-state index contributed by atoms with van der Waals surface area (Å²) >= 11 is 7.67. The molecule has 0 aliphatic heterocycles. The Morgan fingerprint density at radius 2 is 1.91 bits per heavy atom. The van der Waals surface area contributed by atoms with E-state index in [4.69, 9.17) is 5.73 Å². The Bertz CT molecular complexity index is 222. The number of rotatable bonds is 2.